The molecule has 0 aromatic heterocycles. The van der Waals surface area contributed by atoms with Gasteiger partial charge in [-0.3, -0.25) is 0 Å². The van der Waals surface area contributed by atoms with E-state index in [4.69, 9.17) is 4.74 Å². The lowest BCUT2D eigenvalue weighted by Crippen LogP contribution is -2.07. The van der Waals surface area contributed by atoms with Crippen LogP contribution in [0.1, 0.15) is 10.4 Å². The maximum Gasteiger partial charge on any atom is 0.338 e. The van der Waals surface area contributed by atoms with Crippen molar-refractivity contribution in [2.75, 3.05) is 6.61 Å². The average molecular weight is 242 g/mol. The first-order chi connectivity index (χ1) is 8.31. The molecular formula is C14H14O2Si. The van der Waals surface area contributed by atoms with E-state index >= 15 is 0 Å². The van der Waals surface area contributed by atoms with Gasteiger partial charge in [-0.2, -0.15) is 0 Å². The summed E-state index contributed by atoms with van der Waals surface area (Å²) in [6, 6.07) is 14.6. The smallest absolute Gasteiger partial charge is 0.338 e. The lowest BCUT2D eigenvalue weighted by Gasteiger charge is -2.04. The van der Waals surface area contributed by atoms with Crippen molar-refractivity contribution in [2.45, 2.75) is 12.6 Å². The van der Waals surface area contributed by atoms with E-state index in [-0.39, 0.29) is 5.97 Å². The molecular weight excluding hydrogens is 228 g/mol. The molecule has 2 aromatic rings. The molecule has 0 spiro atoms. The predicted molar refractivity (Wildman–Crippen MR) is 70.7 cm³/mol. The molecule has 0 aliphatic rings. The molecule has 2 radical (unpaired) electrons. The van der Waals surface area contributed by atoms with E-state index in [1.165, 1.54) is 0 Å². The van der Waals surface area contributed by atoms with Gasteiger partial charge in [0.15, 0.2) is 0 Å². The monoisotopic (exact) mass is 242 g/mol. The van der Waals surface area contributed by atoms with E-state index in [0.29, 0.717) is 12.2 Å². The van der Waals surface area contributed by atoms with Crippen LogP contribution in [0.5, 0.6) is 0 Å². The number of ether oxygens (including phenoxy) is 1. The van der Waals surface area contributed by atoms with Crippen LogP contribution in [0.2, 0.25) is 12.6 Å². The van der Waals surface area contributed by atoms with Crippen LogP contribution >= 0.6 is 0 Å². The first-order valence-corrected chi connectivity index (χ1v) is 7.32. The van der Waals surface area contributed by atoms with E-state index in [0.717, 1.165) is 26.3 Å². The highest BCUT2D eigenvalue weighted by Gasteiger charge is 2.06. The Kier molecular flexibility index (Phi) is 3.93. The summed E-state index contributed by atoms with van der Waals surface area (Å²) in [5.41, 5.74) is 0.628. The molecule has 2 nitrogen and oxygen atoms in total. The fraction of sp³-hybridized carbons (Fsp3) is 0.214. The highest BCUT2D eigenvalue weighted by molar-refractivity contribution is 6.33. The van der Waals surface area contributed by atoms with E-state index in [2.05, 4.69) is 6.55 Å². The molecule has 0 saturated carbocycles. The summed E-state index contributed by atoms with van der Waals surface area (Å²) in [5, 5.41) is 2.21. The van der Waals surface area contributed by atoms with Crippen LogP contribution in [0.15, 0.2) is 42.5 Å². The van der Waals surface area contributed by atoms with Gasteiger partial charge in [-0.1, -0.05) is 36.9 Å². The van der Waals surface area contributed by atoms with Gasteiger partial charge in [0.1, 0.15) is 0 Å². The van der Waals surface area contributed by atoms with E-state index in [1.54, 1.807) is 0 Å². The third-order valence-corrected chi connectivity index (χ3v) is 3.27. The second-order valence-corrected chi connectivity index (χ2v) is 5.01. The lowest BCUT2D eigenvalue weighted by molar-refractivity contribution is 0.0526. The van der Waals surface area contributed by atoms with Crippen molar-refractivity contribution >= 4 is 26.3 Å². The van der Waals surface area contributed by atoms with Gasteiger partial charge in [-0.25, -0.2) is 4.79 Å². The van der Waals surface area contributed by atoms with Gasteiger partial charge in [0.2, 0.25) is 0 Å². The van der Waals surface area contributed by atoms with Crippen molar-refractivity contribution in [3.05, 3.63) is 48.0 Å². The van der Waals surface area contributed by atoms with Crippen molar-refractivity contribution in [1.82, 2.24) is 0 Å². The summed E-state index contributed by atoms with van der Waals surface area (Å²) in [5.74, 6) is -0.228. The third-order valence-electron chi connectivity index (χ3n) is 2.57. The average Bonchev–Trinajstić information content (AvgIpc) is 2.38. The van der Waals surface area contributed by atoms with E-state index in [1.807, 2.05) is 42.5 Å². The minimum absolute atomic E-state index is 0.228. The maximum atomic E-state index is 11.7. The van der Waals surface area contributed by atoms with E-state index < -0.39 is 0 Å². The number of carbonyl (C=O) groups is 1. The second-order valence-electron chi connectivity index (χ2n) is 3.80. The Morgan fingerprint density at radius 1 is 1.18 bits per heavy atom. The molecule has 2 aromatic carbocycles. The molecule has 0 amide bonds. The number of hydrogen-bond donors (Lipinski definition) is 0. The molecule has 0 heterocycles. The third kappa shape index (κ3) is 2.94. The Labute approximate surface area is 103 Å². The minimum atomic E-state index is -0.228. The first kappa shape index (κ1) is 11.9. The summed E-state index contributed by atoms with van der Waals surface area (Å²) in [7, 11) is 0.822. The Morgan fingerprint density at radius 2 is 1.94 bits per heavy atom. The van der Waals surface area contributed by atoms with Gasteiger partial charge >= 0.3 is 5.97 Å². The molecule has 17 heavy (non-hydrogen) atoms. The fourth-order valence-corrected chi connectivity index (χ4v) is 1.95. The van der Waals surface area contributed by atoms with Crippen molar-refractivity contribution < 1.29 is 9.53 Å². The van der Waals surface area contributed by atoms with Crippen molar-refractivity contribution in [1.29, 1.82) is 0 Å². The van der Waals surface area contributed by atoms with Crippen LogP contribution in [0.25, 0.3) is 10.8 Å². The topological polar surface area (TPSA) is 26.3 Å². The predicted octanol–water partition coefficient (Wildman–Crippen LogP) is 3.17. The number of rotatable bonds is 4. The van der Waals surface area contributed by atoms with Gasteiger partial charge in [0, 0.05) is 9.52 Å². The van der Waals surface area contributed by atoms with Crippen LogP contribution in [0.4, 0.5) is 0 Å². The largest absolute Gasteiger partial charge is 0.462 e. The zero-order valence-electron chi connectivity index (χ0n) is 9.77. The highest BCUT2D eigenvalue weighted by Crippen LogP contribution is 2.16. The molecule has 0 N–H and O–H groups in total. The Balaban J connectivity index is 2.15. The summed E-state index contributed by atoms with van der Waals surface area (Å²) in [4.78, 5) is 11.7. The van der Waals surface area contributed by atoms with Crippen molar-refractivity contribution in [3.8, 4) is 0 Å². The van der Waals surface area contributed by atoms with Crippen LogP contribution in [-0.2, 0) is 4.74 Å². The Morgan fingerprint density at radius 3 is 2.71 bits per heavy atom. The molecule has 86 valence electrons. The summed E-state index contributed by atoms with van der Waals surface area (Å²) in [6.45, 7) is 2.62. The molecule has 0 bridgehead atoms. The SMILES string of the molecule is C[Si]CCOC(=O)c1ccc2ccccc2c1. The van der Waals surface area contributed by atoms with Gasteiger partial charge in [-0.15, -0.1) is 0 Å². The molecule has 0 fully saturated rings. The molecule has 0 atom stereocenters. The Bertz CT molecular complexity index is 522. The standard InChI is InChI=1S/C14H14O2Si/c1-17-9-8-16-14(15)13-7-6-11-4-2-3-5-12(11)10-13/h2-7,10H,8-9H2,1H3. The quantitative estimate of drug-likeness (QED) is 0.467. The molecule has 2 rings (SSSR count). The van der Waals surface area contributed by atoms with Crippen molar-refractivity contribution in [3.63, 3.8) is 0 Å². The van der Waals surface area contributed by atoms with Gasteiger partial charge in [0.05, 0.1) is 12.2 Å². The zero-order chi connectivity index (χ0) is 12.1. The number of benzene rings is 2. The van der Waals surface area contributed by atoms with Crippen molar-refractivity contribution in [2.24, 2.45) is 0 Å². The van der Waals surface area contributed by atoms with Gasteiger partial charge < -0.3 is 4.74 Å². The number of hydrogen-bond acceptors (Lipinski definition) is 2. The first-order valence-electron chi connectivity index (χ1n) is 5.62. The van der Waals surface area contributed by atoms with E-state index in [9.17, 15) is 4.79 Å². The lowest BCUT2D eigenvalue weighted by atomic mass is 10.1. The zero-order valence-corrected chi connectivity index (χ0v) is 10.8. The normalized spacial score (nSPS) is 10.4. The number of fused-ring (bicyclic) bond motifs is 1. The molecule has 0 aliphatic heterocycles. The van der Waals surface area contributed by atoms with Crippen LogP contribution < -0.4 is 0 Å². The number of carbonyl (C=O) groups excluding carboxylic acids is 1. The van der Waals surface area contributed by atoms with Crippen LogP contribution in [0.3, 0.4) is 0 Å². The number of esters is 1. The molecule has 0 unspecified atom stereocenters. The fourth-order valence-electron chi connectivity index (χ4n) is 1.65. The van der Waals surface area contributed by atoms with Gasteiger partial charge in [0.25, 0.3) is 0 Å². The maximum absolute atomic E-state index is 11.7. The van der Waals surface area contributed by atoms with Gasteiger partial charge in [-0.05, 0) is 28.9 Å². The summed E-state index contributed by atoms with van der Waals surface area (Å²) >= 11 is 0. The molecule has 0 aliphatic carbocycles. The summed E-state index contributed by atoms with van der Waals surface area (Å²) < 4.78 is 5.19. The highest BCUT2D eigenvalue weighted by atomic mass is 28.2. The molecule has 3 heteroatoms. The Hall–Kier alpha value is -1.61. The molecule has 0 saturated heterocycles. The van der Waals surface area contributed by atoms with Crippen LogP contribution in [-0.4, -0.2) is 22.1 Å². The second kappa shape index (κ2) is 5.64. The van der Waals surface area contributed by atoms with Crippen LogP contribution in [0, 0.1) is 0 Å². The summed E-state index contributed by atoms with van der Waals surface area (Å²) in [6.07, 6.45) is 0. The minimum Gasteiger partial charge on any atom is -0.462 e.